The van der Waals surface area contributed by atoms with Crippen LogP contribution in [0.15, 0.2) is 12.2 Å². The van der Waals surface area contributed by atoms with Crippen LogP contribution in [0.3, 0.4) is 0 Å². The molecule has 0 spiro atoms. The number of aliphatic carboxylic acids is 2. The third-order valence-corrected chi connectivity index (χ3v) is 8.60. The Morgan fingerprint density at radius 1 is 0.438 bits per heavy atom. The van der Waals surface area contributed by atoms with E-state index in [1.807, 2.05) is 0 Å². The zero-order chi connectivity index (χ0) is 34.2. The minimum absolute atomic E-state index is 0. The van der Waals surface area contributed by atoms with Gasteiger partial charge in [-0.2, -0.15) is 0 Å². The fourth-order valence-corrected chi connectivity index (χ4v) is 5.66. The number of carboxylic acid groups (broad SMARTS) is 2. The van der Waals surface area contributed by atoms with Crippen LogP contribution in [0.4, 0.5) is 0 Å². The SMILES string of the molecule is CCCCCCCCCCCCCCCCCC(=O)O.CCCCCCCCCCCCCCCCCCOC(=O)/C=C/C(=O)O.[MgH2].[NaH]. The molecule has 0 rings (SSSR count). The number of carbonyl (C=O) groups excluding carboxylic acids is 1. The van der Waals surface area contributed by atoms with Crippen molar-refractivity contribution in [1.29, 1.82) is 0 Å². The predicted octanol–water partition coefficient (Wildman–Crippen LogP) is 11.2. The molecule has 0 aliphatic rings. The predicted molar refractivity (Wildman–Crippen MR) is 210 cm³/mol. The fraction of sp³-hybridized carbons (Fsp3) is 0.875. The Morgan fingerprint density at radius 3 is 0.979 bits per heavy atom. The molecule has 0 fully saturated rings. The summed E-state index contributed by atoms with van der Waals surface area (Å²) in [6, 6.07) is 0. The Hall–Kier alpha value is -0.0838. The second-order valence-electron chi connectivity index (χ2n) is 13.2. The van der Waals surface area contributed by atoms with E-state index in [2.05, 4.69) is 13.8 Å². The van der Waals surface area contributed by atoms with Crippen molar-refractivity contribution < 1.29 is 29.3 Å². The van der Waals surface area contributed by atoms with E-state index >= 15 is 0 Å². The van der Waals surface area contributed by atoms with Crippen molar-refractivity contribution in [3.8, 4) is 0 Å². The summed E-state index contributed by atoms with van der Waals surface area (Å²) >= 11 is 0. The first-order chi connectivity index (χ1) is 22.4. The first-order valence-corrected chi connectivity index (χ1v) is 19.7. The Labute approximate surface area is 335 Å². The molecule has 0 saturated heterocycles. The van der Waals surface area contributed by atoms with E-state index in [1.165, 1.54) is 173 Å². The van der Waals surface area contributed by atoms with Crippen molar-refractivity contribution in [3.05, 3.63) is 12.2 Å². The molecule has 48 heavy (non-hydrogen) atoms. The first-order valence-electron chi connectivity index (χ1n) is 19.7. The maximum absolute atomic E-state index is 11.1. The molecule has 0 amide bonds. The number of hydrogen-bond donors (Lipinski definition) is 2. The molecule has 2 N–H and O–H groups in total. The molecular weight excluding hydrogens is 624 g/mol. The second-order valence-corrected chi connectivity index (χ2v) is 13.2. The standard InChI is InChI=1S/C22H40O4.C18H36O2.Mg.Na.3H/c1-2-3-4-5-6-7-8-9-10-11-12-13-14-15-16-17-20-26-22(25)19-18-21(23)24;1-2-3-4-5-6-7-8-9-10-11-12-13-14-15-16-17-18(19)20;;;;;/h18-19H,2-17,20H2,1H3,(H,23,24);2-17H2,1H3,(H,19,20);;;;;/b19-18+;;;;;;. The van der Waals surface area contributed by atoms with Crippen molar-refractivity contribution in [3.63, 3.8) is 0 Å². The van der Waals surface area contributed by atoms with Crippen molar-refractivity contribution in [2.24, 2.45) is 0 Å². The van der Waals surface area contributed by atoms with E-state index in [1.54, 1.807) is 0 Å². The average molecular weight is 703 g/mol. The van der Waals surface area contributed by atoms with E-state index in [-0.39, 0.29) is 52.6 Å². The molecule has 0 heterocycles. The monoisotopic (exact) mass is 703 g/mol. The van der Waals surface area contributed by atoms with Crippen LogP contribution in [0.5, 0.6) is 0 Å². The summed E-state index contributed by atoms with van der Waals surface area (Å²) in [6.07, 6.45) is 42.9. The normalized spacial score (nSPS) is 10.5. The van der Waals surface area contributed by atoms with Gasteiger partial charge in [-0.1, -0.05) is 200 Å². The molecule has 0 aliphatic heterocycles. The van der Waals surface area contributed by atoms with Crippen LogP contribution in [0, 0.1) is 0 Å². The quantitative estimate of drug-likeness (QED) is 0.0295. The molecule has 0 unspecified atom stereocenters. The van der Waals surface area contributed by atoms with Crippen LogP contribution in [0.25, 0.3) is 0 Å². The van der Waals surface area contributed by atoms with Gasteiger partial charge < -0.3 is 14.9 Å². The Bertz CT molecular complexity index is 689. The molecular formula is C40H79MgNaO6. The molecule has 8 heteroatoms. The molecule has 0 radical (unpaired) electrons. The van der Waals surface area contributed by atoms with E-state index in [0.717, 1.165) is 37.8 Å². The number of esters is 1. The summed E-state index contributed by atoms with van der Waals surface area (Å²) < 4.78 is 4.92. The average Bonchev–Trinajstić information content (AvgIpc) is 3.03. The van der Waals surface area contributed by atoms with Gasteiger partial charge in [-0.3, -0.25) is 4.79 Å². The molecule has 0 aromatic heterocycles. The first kappa shape index (κ1) is 54.7. The van der Waals surface area contributed by atoms with Gasteiger partial charge in [-0.15, -0.1) is 0 Å². The second kappa shape index (κ2) is 49.0. The van der Waals surface area contributed by atoms with Gasteiger partial charge in [0.15, 0.2) is 0 Å². The van der Waals surface area contributed by atoms with Crippen molar-refractivity contribution in [2.45, 2.75) is 219 Å². The van der Waals surface area contributed by atoms with Gasteiger partial charge in [0.25, 0.3) is 0 Å². The molecule has 0 saturated carbocycles. The summed E-state index contributed by atoms with van der Waals surface area (Å²) in [5.74, 6) is -2.36. The summed E-state index contributed by atoms with van der Waals surface area (Å²) in [6.45, 7) is 4.91. The van der Waals surface area contributed by atoms with Crippen LogP contribution in [0.2, 0.25) is 0 Å². The minimum atomic E-state index is -1.13. The number of ether oxygens (including phenoxy) is 1. The topological polar surface area (TPSA) is 101 Å². The zero-order valence-electron chi connectivity index (χ0n) is 30.5. The van der Waals surface area contributed by atoms with Crippen LogP contribution in [-0.2, 0) is 19.1 Å². The van der Waals surface area contributed by atoms with E-state index in [0.29, 0.717) is 13.0 Å². The van der Waals surface area contributed by atoms with Crippen LogP contribution < -0.4 is 0 Å². The van der Waals surface area contributed by atoms with Crippen LogP contribution >= 0.6 is 0 Å². The summed E-state index contributed by atoms with van der Waals surface area (Å²) in [4.78, 5) is 31.7. The molecule has 278 valence electrons. The third-order valence-electron chi connectivity index (χ3n) is 8.60. The molecule has 0 bridgehead atoms. The number of carbonyl (C=O) groups is 3. The van der Waals surface area contributed by atoms with Gasteiger partial charge in [0.05, 0.1) is 6.61 Å². The zero-order valence-corrected chi connectivity index (χ0v) is 30.5. The Kier molecular flexibility index (Phi) is 55.9. The fourth-order valence-electron chi connectivity index (χ4n) is 5.66. The molecule has 0 aliphatic carbocycles. The van der Waals surface area contributed by atoms with Gasteiger partial charge in [-0.25, -0.2) is 9.59 Å². The number of hydrogen-bond acceptors (Lipinski definition) is 4. The Balaban J connectivity index is -0.000000399. The molecule has 6 nitrogen and oxygen atoms in total. The van der Waals surface area contributed by atoms with Gasteiger partial charge >= 0.3 is 70.5 Å². The van der Waals surface area contributed by atoms with Crippen molar-refractivity contribution in [2.75, 3.05) is 6.61 Å². The molecule has 0 aromatic rings. The van der Waals surface area contributed by atoms with E-state index in [9.17, 15) is 14.4 Å². The van der Waals surface area contributed by atoms with Gasteiger partial charge in [0, 0.05) is 18.6 Å². The number of unbranched alkanes of at least 4 members (excludes halogenated alkanes) is 29. The van der Waals surface area contributed by atoms with Crippen LogP contribution in [0.1, 0.15) is 219 Å². The molecule has 0 atom stereocenters. The van der Waals surface area contributed by atoms with Crippen molar-refractivity contribution in [1.82, 2.24) is 0 Å². The Morgan fingerprint density at radius 2 is 0.708 bits per heavy atom. The third kappa shape index (κ3) is 55.3. The molecule has 0 aromatic carbocycles. The number of rotatable bonds is 35. The van der Waals surface area contributed by atoms with Gasteiger partial charge in [-0.05, 0) is 12.8 Å². The van der Waals surface area contributed by atoms with Gasteiger partial charge in [0.2, 0.25) is 0 Å². The summed E-state index contributed by atoms with van der Waals surface area (Å²) in [5, 5.41) is 16.9. The van der Waals surface area contributed by atoms with Gasteiger partial charge in [0.1, 0.15) is 0 Å². The van der Waals surface area contributed by atoms with Crippen LogP contribution in [-0.4, -0.2) is 87.3 Å². The van der Waals surface area contributed by atoms with Crippen molar-refractivity contribution >= 4 is 70.5 Å². The summed E-state index contributed by atoms with van der Waals surface area (Å²) in [5.41, 5.74) is 0. The number of carboxylic acids is 2. The maximum atomic E-state index is 11.1. The van der Waals surface area contributed by atoms with E-state index in [4.69, 9.17) is 14.9 Å². The summed E-state index contributed by atoms with van der Waals surface area (Å²) in [7, 11) is 0. The van der Waals surface area contributed by atoms with E-state index < -0.39 is 17.9 Å².